The first-order valence-electron chi connectivity index (χ1n) is 9.36. The molecule has 0 spiro atoms. The van der Waals surface area contributed by atoms with Gasteiger partial charge >= 0.3 is 6.09 Å². The minimum Gasteiger partial charge on any atom is -0.442 e. The number of halogens is 2. The van der Waals surface area contributed by atoms with Crippen LogP contribution in [-0.4, -0.2) is 50.5 Å². The van der Waals surface area contributed by atoms with Crippen LogP contribution in [-0.2, 0) is 9.53 Å². The van der Waals surface area contributed by atoms with E-state index in [0.717, 1.165) is 0 Å². The molecule has 154 valence electrons. The van der Waals surface area contributed by atoms with Crippen LogP contribution in [0.3, 0.4) is 0 Å². The second kappa shape index (κ2) is 8.90. The first-order valence-corrected chi connectivity index (χ1v) is 9.36. The number of benzene rings is 1. The largest absolute Gasteiger partial charge is 0.442 e. The van der Waals surface area contributed by atoms with E-state index in [0.29, 0.717) is 24.2 Å². The fourth-order valence-electron chi connectivity index (χ4n) is 3.46. The van der Waals surface area contributed by atoms with Crippen LogP contribution < -0.4 is 15.1 Å². The molecule has 2 unspecified atom stereocenters. The van der Waals surface area contributed by atoms with Gasteiger partial charge in [0.05, 0.1) is 43.5 Å². The summed E-state index contributed by atoms with van der Waals surface area (Å²) < 4.78 is 34.3. The van der Waals surface area contributed by atoms with Gasteiger partial charge in [-0.3, -0.25) is 9.69 Å². The van der Waals surface area contributed by atoms with Crippen molar-refractivity contribution in [1.82, 2.24) is 5.32 Å². The SMILES string of the molecule is CC(=O)NCC1CN(c2ccc(N3CCC(=CCC#N)C(F)C3)c(F)c2)C(=O)O1. The standard InChI is InChI=1S/C20H22F2N4O3/c1-13(27)24-10-16-11-26(20(28)29-16)15-4-5-19(17(21)9-15)25-8-6-14(3-2-7-23)18(22)12-25/h3-5,9,16,18H,2,6,8,10-12H2,1H3,(H,24,27). The van der Waals surface area contributed by atoms with Crippen LogP contribution in [0, 0.1) is 17.1 Å². The predicted octanol–water partition coefficient (Wildman–Crippen LogP) is 2.68. The van der Waals surface area contributed by atoms with Crippen LogP contribution in [0.1, 0.15) is 19.8 Å². The van der Waals surface area contributed by atoms with E-state index in [9.17, 15) is 18.4 Å². The van der Waals surface area contributed by atoms with Crippen LogP contribution in [0.5, 0.6) is 0 Å². The number of carbonyl (C=O) groups is 2. The lowest BCUT2D eigenvalue weighted by atomic mass is 10.00. The third kappa shape index (κ3) is 4.83. The summed E-state index contributed by atoms with van der Waals surface area (Å²) in [7, 11) is 0. The number of nitriles is 1. The number of carbonyl (C=O) groups excluding carboxylic acids is 2. The topological polar surface area (TPSA) is 85.7 Å². The summed E-state index contributed by atoms with van der Waals surface area (Å²) in [5.74, 6) is -0.787. The number of amides is 2. The molecule has 9 heteroatoms. The Bertz CT molecular complexity index is 868. The van der Waals surface area contributed by atoms with E-state index in [-0.39, 0.29) is 37.6 Å². The second-order valence-electron chi connectivity index (χ2n) is 6.99. The van der Waals surface area contributed by atoms with Gasteiger partial charge < -0.3 is 15.0 Å². The number of piperidine rings is 1. The van der Waals surface area contributed by atoms with Gasteiger partial charge in [0.1, 0.15) is 18.1 Å². The van der Waals surface area contributed by atoms with Crippen molar-refractivity contribution in [1.29, 1.82) is 5.26 Å². The highest BCUT2D eigenvalue weighted by molar-refractivity contribution is 5.90. The number of cyclic esters (lactones) is 1. The van der Waals surface area contributed by atoms with Gasteiger partial charge in [-0.05, 0) is 30.2 Å². The molecule has 2 atom stereocenters. The van der Waals surface area contributed by atoms with E-state index < -0.39 is 24.2 Å². The predicted molar refractivity (Wildman–Crippen MR) is 103 cm³/mol. The number of anilines is 2. The zero-order valence-corrected chi connectivity index (χ0v) is 16.0. The zero-order valence-electron chi connectivity index (χ0n) is 16.0. The van der Waals surface area contributed by atoms with Crippen molar-refractivity contribution < 1.29 is 23.1 Å². The monoisotopic (exact) mass is 404 g/mol. The summed E-state index contributed by atoms with van der Waals surface area (Å²) in [4.78, 5) is 26.0. The third-order valence-corrected chi connectivity index (χ3v) is 4.95. The highest BCUT2D eigenvalue weighted by atomic mass is 19.1. The lowest BCUT2D eigenvalue weighted by molar-refractivity contribution is -0.119. The number of alkyl halides is 1. The van der Waals surface area contributed by atoms with Crippen LogP contribution in [0.15, 0.2) is 29.8 Å². The summed E-state index contributed by atoms with van der Waals surface area (Å²) in [6.07, 6.45) is -0.193. The minimum absolute atomic E-state index is 0.0120. The smallest absolute Gasteiger partial charge is 0.414 e. The number of hydrogen-bond donors (Lipinski definition) is 1. The highest BCUT2D eigenvalue weighted by Crippen LogP contribution is 2.31. The molecule has 0 aliphatic carbocycles. The Hall–Kier alpha value is -3.15. The molecule has 2 fully saturated rings. The summed E-state index contributed by atoms with van der Waals surface area (Å²) in [6.45, 7) is 2.21. The molecule has 29 heavy (non-hydrogen) atoms. The first-order chi connectivity index (χ1) is 13.9. The van der Waals surface area contributed by atoms with Crippen LogP contribution in [0.25, 0.3) is 0 Å². The van der Waals surface area contributed by atoms with E-state index in [1.165, 1.54) is 24.0 Å². The Morgan fingerprint density at radius 1 is 1.45 bits per heavy atom. The average molecular weight is 404 g/mol. The maximum Gasteiger partial charge on any atom is 0.414 e. The maximum atomic E-state index is 14.7. The van der Waals surface area contributed by atoms with Gasteiger partial charge in [0.25, 0.3) is 0 Å². The van der Waals surface area contributed by atoms with Crippen molar-refractivity contribution in [3.05, 3.63) is 35.7 Å². The van der Waals surface area contributed by atoms with Crippen LogP contribution in [0.4, 0.5) is 25.0 Å². The van der Waals surface area contributed by atoms with Crippen molar-refractivity contribution >= 4 is 23.4 Å². The molecule has 2 aliphatic heterocycles. The Kier molecular flexibility index (Phi) is 6.32. The Balaban J connectivity index is 1.67. The summed E-state index contributed by atoms with van der Waals surface area (Å²) >= 11 is 0. The van der Waals surface area contributed by atoms with Gasteiger partial charge in [0.15, 0.2) is 0 Å². The molecular weight excluding hydrogens is 382 g/mol. The van der Waals surface area contributed by atoms with E-state index in [2.05, 4.69) is 5.32 Å². The van der Waals surface area contributed by atoms with Crippen molar-refractivity contribution in [2.75, 3.05) is 36.0 Å². The molecule has 2 heterocycles. The molecule has 1 aromatic carbocycles. The number of nitrogens with one attached hydrogen (secondary N) is 1. The quantitative estimate of drug-likeness (QED) is 0.763. The molecule has 0 radical (unpaired) electrons. The van der Waals surface area contributed by atoms with Gasteiger partial charge in [-0.15, -0.1) is 0 Å². The van der Waals surface area contributed by atoms with Crippen LogP contribution in [0.2, 0.25) is 0 Å². The summed E-state index contributed by atoms with van der Waals surface area (Å²) in [6, 6.07) is 6.30. The van der Waals surface area contributed by atoms with Crippen molar-refractivity contribution in [3.8, 4) is 6.07 Å². The molecule has 1 N–H and O–H groups in total. The van der Waals surface area contributed by atoms with E-state index in [4.69, 9.17) is 10.00 Å². The van der Waals surface area contributed by atoms with Gasteiger partial charge in [0, 0.05) is 13.5 Å². The fourth-order valence-corrected chi connectivity index (χ4v) is 3.46. The molecule has 3 rings (SSSR count). The average Bonchev–Trinajstić information content (AvgIpc) is 3.06. The molecule has 0 saturated carbocycles. The number of allylic oxidation sites excluding steroid dienone is 1. The highest BCUT2D eigenvalue weighted by Gasteiger charge is 2.33. The molecule has 7 nitrogen and oxygen atoms in total. The maximum absolute atomic E-state index is 14.7. The first kappa shape index (κ1) is 20.6. The van der Waals surface area contributed by atoms with E-state index >= 15 is 0 Å². The van der Waals surface area contributed by atoms with Gasteiger partial charge in [0.2, 0.25) is 5.91 Å². The van der Waals surface area contributed by atoms with Crippen molar-refractivity contribution in [2.45, 2.75) is 32.0 Å². The van der Waals surface area contributed by atoms with Crippen molar-refractivity contribution in [2.24, 2.45) is 0 Å². The molecule has 0 bridgehead atoms. The number of nitrogens with zero attached hydrogens (tertiary/aromatic N) is 3. The Morgan fingerprint density at radius 2 is 2.24 bits per heavy atom. The third-order valence-electron chi connectivity index (χ3n) is 4.95. The van der Waals surface area contributed by atoms with Gasteiger partial charge in [-0.25, -0.2) is 13.6 Å². The summed E-state index contributed by atoms with van der Waals surface area (Å²) in [5.41, 5.74) is 1.17. The van der Waals surface area contributed by atoms with E-state index in [1.807, 2.05) is 6.07 Å². The second-order valence-corrected chi connectivity index (χ2v) is 6.99. The van der Waals surface area contributed by atoms with E-state index in [1.54, 1.807) is 17.0 Å². The molecule has 2 aliphatic rings. The van der Waals surface area contributed by atoms with Crippen molar-refractivity contribution in [3.63, 3.8) is 0 Å². The Labute approximate surface area is 167 Å². The van der Waals surface area contributed by atoms with Gasteiger partial charge in [-0.2, -0.15) is 5.26 Å². The number of ether oxygens (including phenoxy) is 1. The normalized spacial score (nSPS) is 23.1. The zero-order chi connectivity index (χ0) is 21.0. The molecular formula is C20H22F2N4O3. The number of hydrogen-bond acceptors (Lipinski definition) is 5. The van der Waals surface area contributed by atoms with Gasteiger partial charge in [-0.1, -0.05) is 6.08 Å². The lowest BCUT2D eigenvalue weighted by Gasteiger charge is -2.33. The molecule has 2 saturated heterocycles. The lowest BCUT2D eigenvalue weighted by Crippen LogP contribution is -2.38. The summed E-state index contributed by atoms with van der Waals surface area (Å²) in [5, 5.41) is 11.2. The molecule has 1 aromatic rings. The fraction of sp³-hybridized carbons (Fsp3) is 0.450. The Morgan fingerprint density at radius 3 is 2.90 bits per heavy atom. The molecule has 2 amide bonds. The molecule has 0 aromatic heterocycles. The minimum atomic E-state index is -1.25. The van der Waals surface area contributed by atoms with Crippen LogP contribution >= 0.6 is 0 Å². The number of rotatable bonds is 5.